The lowest BCUT2D eigenvalue weighted by Crippen LogP contribution is -2.38. The first-order valence-electron chi connectivity index (χ1n) is 17.0. The third-order valence-electron chi connectivity index (χ3n) is 8.05. The molecule has 2 aromatic rings. The van der Waals surface area contributed by atoms with Gasteiger partial charge in [0, 0.05) is 6.61 Å². The third-order valence-corrected chi connectivity index (χ3v) is 9.75. The quantitative estimate of drug-likeness (QED) is 0.0944. The summed E-state index contributed by atoms with van der Waals surface area (Å²) >= 11 is 5.30. The zero-order chi connectivity index (χ0) is 32.0. The summed E-state index contributed by atoms with van der Waals surface area (Å²) in [6, 6.07) is 0. The van der Waals surface area contributed by atoms with Crippen LogP contribution in [0.25, 0.3) is 11.2 Å². The van der Waals surface area contributed by atoms with Crippen molar-refractivity contribution in [3.05, 3.63) is 12.7 Å². The molecule has 0 spiro atoms. The second kappa shape index (κ2) is 19.5. The molecule has 0 bridgehead atoms. The van der Waals surface area contributed by atoms with Gasteiger partial charge in [0.25, 0.3) is 0 Å². The number of hydrogen-bond donors (Lipinski definition) is 1. The molecule has 0 aliphatic carbocycles. The highest BCUT2D eigenvalue weighted by Gasteiger charge is 2.49. The molecule has 10 nitrogen and oxygen atoms in total. The van der Waals surface area contributed by atoms with Gasteiger partial charge in [-0.05, 0) is 32.6 Å². The van der Waals surface area contributed by atoms with E-state index in [0.717, 1.165) is 12.8 Å². The zero-order valence-corrected chi connectivity index (χ0v) is 29.4. The first kappa shape index (κ1) is 37.3. The second-order valence-electron chi connectivity index (χ2n) is 12.9. The van der Waals surface area contributed by atoms with Crippen LogP contribution in [-0.2, 0) is 30.3 Å². The molecule has 0 saturated carbocycles. The Labute approximate surface area is 270 Å². The van der Waals surface area contributed by atoms with Crippen molar-refractivity contribution in [1.29, 1.82) is 0 Å². The van der Waals surface area contributed by atoms with Crippen molar-refractivity contribution in [3.63, 3.8) is 0 Å². The number of ether oxygens (including phenoxy) is 2. The van der Waals surface area contributed by atoms with E-state index in [1.165, 1.54) is 83.4 Å². The third kappa shape index (κ3) is 12.2. The van der Waals surface area contributed by atoms with E-state index in [1.807, 2.05) is 0 Å². The highest BCUT2D eigenvalue weighted by molar-refractivity contribution is 8.06. The van der Waals surface area contributed by atoms with E-state index in [9.17, 15) is 4.89 Å². The van der Waals surface area contributed by atoms with Gasteiger partial charge in [0.2, 0.25) is 0 Å². The summed E-state index contributed by atoms with van der Waals surface area (Å²) in [5.74, 6) is 0.586. The lowest BCUT2D eigenvalue weighted by molar-refractivity contribution is -0.218. The number of nitrogens with zero attached hydrogens (tertiary/aromatic N) is 4. The number of unbranched alkanes of at least 4 members (excludes halogenated alkanes) is 13. The van der Waals surface area contributed by atoms with Gasteiger partial charge in [-0.1, -0.05) is 116 Å². The molecule has 0 amide bonds. The van der Waals surface area contributed by atoms with Crippen molar-refractivity contribution in [2.45, 2.75) is 162 Å². The largest absolute Gasteiger partial charge is 0.780 e. The molecule has 0 radical (unpaired) electrons. The molecular weight excluding hydrogens is 597 g/mol. The normalized spacial score (nSPS) is 22.0. The van der Waals surface area contributed by atoms with Crippen LogP contribution in [0.3, 0.4) is 0 Å². The van der Waals surface area contributed by atoms with Crippen molar-refractivity contribution in [2.75, 3.05) is 12.3 Å². The molecule has 12 heteroatoms. The van der Waals surface area contributed by atoms with Gasteiger partial charge in [-0.3, -0.25) is 4.57 Å². The van der Waals surface area contributed by atoms with Crippen LogP contribution in [0, 0.1) is 5.92 Å². The van der Waals surface area contributed by atoms with Crippen LogP contribution >= 0.6 is 6.72 Å². The Morgan fingerprint density at radius 2 is 1.50 bits per heavy atom. The Kier molecular flexibility index (Phi) is 16.5. The fourth-order valence-electron chi connectivity index (χ4n) is 5.90. The number of nitrogens with two attached hydrogens (primary N) is 1. The minimum Gasteiger partial charge on any atom is -0.780 e. The van der Waals surface area contributed by atoms with Gasteiger partial charge in [-0.25, -0.2) is 15.0 Å². The van der Waals surface area contributed by atoms with Crippen LogP contribution in [-0.4, -0.2) is 50.5 Å². The molecule has 2 unspecified atom stereocenters. The Morgan fingerprint density at radius 3 is 2.07 bits per heavy atom. The van der Waals surface area contributed by atoms with Gasteiger partial charge >= 0.3 is 0 Å². The standard InChI is InChI=1S/C32H58N5O5PS/c1-6-7-8-9-10-11-12-13-14-15-16-17-18-19-20-39-29-28(42-43(38,44)41-25(4)5)26(21-24(2)3)40-32(29)37-23-36-27-30(33)34-22-35-31(27)37/h22-26,28-29,32H,6-21H2,1-5H3,(H,38,44)(H2,33,34,35)/p-1/t26-,28?,29+,32-,43?/m1/s1. The van der Waals surface area contributed by atoms with Crippen molar-refractivity contribution < 1.29 is 23.4 Å². The van der Waals surface area contributed by atoms with E-state index in [0.29, 0.717) is 35.9 Å². The van der Waals surface area contributed by atoms with Crippen molar-refractivity contribution in [3.8, 4) is 0 Å². The van der Waals surface area contributed by atoms with Gasteiger partial charge in [0.15, 0.2) is 17.7 Å². The molecule has 2 N–H and O–H groups in total. The Hall–Kier alpha value is -1.20. The number of fused-ring (bicyclic) bond motifs is 1. The fraction of sp³-hybridized carbons (Fsp3) is 0.844. The summed E-state index contributed by atoms with van der Waals surface area (Å²) in [5, 5.41) is 0. The molecule has 252 valence electrons. The van der Waals surface area contributed by atoms with Gasteiger partial charge < -0.3 is 29.1 Å². The Balaban J connectivity index is 1.56. The summed E-state index contributed by atoms with van der Waals surface area (Å²) in [4.78, 5) is 26.1. The second-order valence-corrected chi connectivity index (χ2v) is 15.5. The van der Waals surface area contributed by atoms with Crippen LogP contribution in [0.15, 0.2) is 12.7 Å². The van der Waals surface area contributed by atoms with E-state index < -0.39 is 31.3 Å². The zero-order valence-electron chi connectivity index (χ0n) is 27.7. The number of aromatic nitrogens is 4. The minimum atomic E-state index is -3.80. The van der Waals surface area contributed by atoms with Crippen molar-refractivity contribution in [2.24, 2.45) is 5.92 Å². The van der Waals surface area contributed by atoms with Crippen LogP contribution in [0.5, 0.6) is 0 Å². The average molecular weight is 655 g/mol. The lowest BCUT2D eigenvalue weighted by atomic mass is 10.0. The summed E-state index contributed by atoms with van der Waals surface area (Å²) in [6.07, 6.45) is 19.1. The summed E-state index contributed by atoms with van der Waals surface area (Å²) < 4.78 is 26.5. The van der Waals surface area contributed by atoms with Gasteiger partial charge in [0.05, 0.1) is 18.5 Å². The van der Waals surface area contributed by atoms with Crippen molar-refractivity contribution in [1.82, 2.24) is 19.5 Å². The molecule has 2 aromatic heterocycles. The van der Waals surface area contributed by atoms with Crippen LogP contribution in [0.1, 0.15) is 137 Å². The molecular formula is C32H57N5O5PS-. The molecule has 1 saturated heterocycles. The summed E-state index contributed by atoms with van der Waals surface area (Å²) in [6.45, 7) is 6.78. The highest BCUT2D eigenvalue weighted by atomic mass is 32.5. The SMILES string of the molecule is CCCCCCCCCCCCCCCCO[C@H]1C(OP([O-])(=S)OC(C)C)[C@@H](CC(C)C)O[C@H]1n1cnc2c(N)ncnc21. The number of hydrogen-bond acceptors (Lipinski definition) is 10. The predicted octanol–water partition coefficient (Wildman–Crippen LogP) is 7.61. The van der Waals surface area contributed by atoms with E-state index in [-0.39, 0.29) is 6.10 Å². The number of imidazole rings is 1. The van der Waals surface area contributed by atoms with E-state index in [1.54, 1.807) is 24.7 Å². The van der Waals surface area contributed by atoms with Crippen LogP contribution < -0.4 is 10.6 Å². The Morgan fingerprint density at radius 1 is 0.909 bits per heavy atom. The number of nitrogen functional groups attached to an aromatic ring is 1. The maximum Gasteiger partial charge on any atom is 0.167 e. The first-order chi connectivity index (χ1) is 21.1. The smallest absolute Gasteiger partial charge is 0.167 e. The molecule has 1 aliphatic heterocycles. The molecule has 5 atom stereocenters. The van der Waals surface area contributed by atoms with E-state index in [4.69, 9.17) is 36.1 Å². The molecule has 44 heavy (non-hydrogen) atoms. The Bertz CT molecular complexity index is 1140. The molecule has 0 aromatic carbocycles. The summed E-state index contributed by atoms with van der Waals surface area (Å²) in [5.41, 5.74) is 7.09. The van der Waals surface area contributed by atoms with Gasteiger partial charge in [-0.2, -0.15) is 0 Å². The van der Waals surface area contributed by atoms with Gasteiger partial charge in [-0.15, -0.1) is 0 Å². The van der Waals surface area contributed by atoms with Crippen molar-refractivity contribution >= 4 is 35.5 Å². The van der Waals surface area contributed by atoms with E-state index in [2.05, 4.69) is 35.7 Å². The lowest BCUT2D eigenvalue weighted by Gasteiger charge is -2.35. The average Bonchev–Trinajstić information content (AvgIpc) is 3.52. The highest BCUT2D eigenvalue weighted by Crippen LogP contribution is 2.48. The number of rotatable bonds is 23. The van der Waals surface area contributed by atoms with Crippen LogP contribution in [0.4, 0.5) is 5.82 Å². The summed E-state index contributed by atoms with van der Waals surface area (Å²) in [7, 11) is 0. The first-order valence-corrected chi connectivity index (χ1v) is 19.6. The molecule has 3 heterocycles. The van der Waals surface area contributed by atoms with E-state index >= 15 is 0 Å². The maximum atomic E-state index is 13.2. The monoisotopic (exact) mass is 654 g/mol. The molecule has 1 fully saturated rings. The predicted molar refractivity (Wildman–Crippen MR) is 179 cm³/mol. The molecule has 3 rings (SSSR count). The number of anilines is 1. The maximum absolute atomic E-state index is 13.2. The topological polar surface area (TPSA) is 130 Å². The fourth-order valence-corrected chi connectivity index (χ4v) is 7.83. The minimum absolute atomic E-state index is 0.290. The molecule has 1 aliphatic rings. The van der Waals surface area contributed by atoms with Crippen LogP contribution in [0.2, 0.25) is 0 Å². The van der Waals surface area contributed by atoms with Gasteiger partial charge in [0.1, 0.15) is 30.8 Å².